The van der Waals surface area contributed by atoms with Crippen LogP contribution in [0.5, 0.6) is 0 Å². The average molecular weight is 309 g/mol. The summed E-state index contributed by atoms with van der Waals surface area (Å²) in [7, 11) is 1.42. The maximum atomic E-state index is 10.2. The van der Waals surface area contributed by atoms with Gasteiger partial charge in [0, 0.05) is 12.0 Å². The summed E-state index contributed by atoms with van der Waals surface area (Å²) in [6.45, 7) is -0.160. The second-order valence-electron chi connectivity index (χ2n) is 4.91. The van der Waals surface area contributed by atoms with Gasteiger partial charge in [0.2, 0.25) is 0 Å². The summed E-state index contributed by atoms with van der Waals surface area (Å²) in [6, 6.07) is 8.52. The van der Waals surface area contributed by atoms with Gasteiger partial charge in [-0.1, -0.05) is 35.4 Å². The zero-order valence-electron chi connectivity index (χ0n) is 12.1. The van der Waals surface area contributed by atoms with Crippen molar-refractivity contribution in [3.05, 3.63) is 46.3 Å². The van der Waals surface area contributed by atoms with Crippen LogP contribution in [0.15, 0.2) is 35.4 Å². The lowest BCUT2D eigenvalue weighted by Crippen LogP contribution is -2.59. The zero-order chi connectivity index (χ0) is 15.9. The van der Waals surface area contributed by atoms with E-state index in [-0.39, 0.29) is 6.61 Å². The van der Waals surface area contributed by atoms with E-state index >= 15 is 0 Å². The maximum Gasteiger partial charge on any atom is 0.184 e. The molecule has 1 fully saturated rings. The molecule has 2 N–H and O–H groups in total. The minimum absolute atomic E-state index is 0.253. The zero-order valence-corrected chi connectivity index (χ0v) is 12.1. The van der Waals surface area contributed by atoms with Gasteiger partial charge in [0.1, 0.15) is 12.2 Å². The normalized spacial score (nSPS) is 31.5. The molecule has 1 aromatic carbocycles. The predicted molar refractivity (Wildman–Crippen MR) is 76.7 cm³/mol. The third kappa shape index (κ3) is 3.75. The van der Waals surface area contributed by atoms with E-state index in [9.17, 15) is 10.2 Å². The van der Waals surface area contributed by atoms with E-state index in [2.05, 4.69) is 10.0 Å². The molecular weight excluding hydrogens is 290 g/mol. The van der Waals surface area contributed by atoms with Gasteiger partial charge in [-0.25, -0.2) is 0 Å². The number of nitrogens with zero attached hydrogens (tertiary/aromatic N) is 3. The Hall–Kier alpha value is -1.67. The highest BCUT2D eigenvalue weighted by Crippen LogP contribution is 2.27. The lowest BCUT2D eigenvalue weighted by Gasteiger charge is -2.41. The molecule has 0 aliphatic carbocycles. The SMILES string of the molecule is CO[C@H]1OC(CO)[C@@H](O)[C@H](N=[N+]=[N-])C1OCc1ccccc1. The molecule has 0 saturated carbocycles. The first-order valence-corrected chi connectivity index (χ1v) is 6.88. The Labute approximate surface area is 127 Å². The van der Waals surface area contributed by atoms with Crippen LogP contribution in [0.25, 0.3) is 10.4 Å². The van der Waals surface area contributed by atoms with Crippen molar-refractivity contribution in [2.45, 2.75) is 37.3 Å². The van der Waals surface area contributed by atoms with Gasteiger partial charge < -0.3 is 24.4 Å². The maximum absolute atomic E-state index is 10.2. The number of aliphatic hydroxyl groups excluding tert-OH is 2. The molecule has 5 atom stereocenters. The molecule has 120 valence electrons. The summed E-state index contributed by atoms with van der Waals surface area (Å²) in [4.78, 5) is 2.74. The van der Waals surface area contributed by atoms with Crippen LogP contribution in [0.1, 0.15) is 5.56 Å². The molecule has 0 amide bonds. The van der Waals surface area contributed by atoms with Crippen LogP contribution in [0.3, 0.4) is 0 Å². The van der Waals surface area contributed by atoms with Crippen LogP contribution in [0.4, 0.5) is 0 Å². The molecule has 0 radical (unpaired) electrons. The molecule has 1 heterocycles. The van der Waals surface area contributed by atoms with E-state index in [1.54, 1.807) is 0 Å². The van der Waals surface area contributed by atoms with Crippen molar-refractivity contribution in [1.82, 2.24) is 0 Å². The topological polar surface area (TPSA) is 117 Å². The largest absolute Gasteiger partial charge is 0.394 e. The van der Waals surface area contributed by atoms with E-state index in [0.29, 0.717) is 0 Å². The van der Waals surface area contributed by atoms with Crippen molar-refractivity contribution in [1.29, 1.82) is 0 Å². The number of aliphatic hydroxyl groups is 2. The Morgan fingerprint density at radius 2 is 2.09 bits per heavy atom. The van der Waals surface area contributed by atoms with Gasteiger partial charge in [0.25, 0.3) is 0 Å². The summed E-state index contributed by atoms with van der Waals surface area (Å²) in [6.07, 6.45) is -3.69. The summed E-state index contributed by atoms with van der Waals surface area (Å²) in [5.74, 6) is 0. The molecule has 0 spiro atoms. The van der Waals surface area contributed by atoms with Gasteiger partial charge >= 0.3 is 0 Å². The summed E-state index contributed by atoms with van der Waals surface area (Å²) >= 11 is 0. The molecule has 1 aliphatic rings. The quantitative estimate of drug-likeness (QED) is 0.461. The van der Waals surface area contributed by atoms with E-state index in [0.717, 1.165) is 5.56 Å². The fourth-order valence-corrected chi connectivity index (χ4v) is 2.38. The lowest BCUT2D eigenvalue weighted by molar-refractivity contribution is -0.279. The number of azide groups is 1. The van der Waals surface area contributed by atoms with Crippen LogP contribution < -0.4 is 0 Å². The number of benzene rings is 1. The molecule has 2 rings (SSSR count). The molecule has 0 bridgehead atoms. The van der Waals surface area contributed by atoms with Crippen molar-refractivity contribution in [2.24, 2.45) is 5.11 Å². The molecule has 22 heavy (non-hydrogen) atoms. The molecule has 0 aromatic heterocycles. The summed E-state index contributed by atoms with van der Waals surface area (Å²) < 4.78 is 16.4. The number of ether oxygens (including phenoxy) is 3. The molecular formula is C14H19N3O5. The smallest absolute Gasteiger partial charge is 0.184 e. The number of hydrogen-bond donors (Lipinski definition) is 2. The third-order valence-electron chi connectivity index (χ3n) is 3.53. The van der Waals surface area contributed by atoms with Crippen LogP contribution in [0.2, 0.25) is 0 Å². The first-order chi connectivity index (χ1) is 10.7. The van der Waals surface area contributed by atoms with Crippen molar-refractivity contribution in [2.75, 3.05) is 13.7 Å². The first kappa shape index (κ1) is 16.7. The van der Waals surface area contributed by atoms with Gasteiger partial charge in [-0.3, -0.25) is 0 Å². The van der Waals surface area contributed by atoms with E-state index in [1.165, 1.54) is 7.11 Å². The second kappa shape index (κ2) is 8.09. The molecule has 2 unspecified atom stereocenters. The summed E-state index contributed by atoms with van der Waals surface area (Å²) in [5, 5.41) is 23.0. The van der Waals surface area contributed by atoms with Gasteiger partial charge in [-0.05, 0) is 11.1 Å². The second-order valence-corrected chi connectivity index (χ2v) is 4.91. The minimum Gasteiger partial charge on any atom is -0.394 e. The van der Waals surface area contributed by atoms with Crippen LogP contribution >= 0.6 is 0 Å². The third-order valence-corrected chi connectivity index (χ3v) is 3.53. The van der Waals surface area contributed by atoms with Gasteiger partial charge in [-0.15, -0.1) is 0 Å². The Morgan fingerprint density at radius 1 is 1.36 bits per heavy atom. The van der Waals surface area contributed by atoms with E-state index < -0.39 is 37.3 Å². The van der Waals surface area contributed by atoms with Crippen LogP contribution in [0, 0.1) is 0 Å². The Bertz CT molecular complexity index is 508. The number of methoxy groups -OCH3 is 1. The fourth-order valence-electron chi connectivity index (χ4n) is 2.38. The first-order valence-electron chi connectivity index (χ1n) is 6.88. The minimum atomic E-state index is -1.17. The van der Waals surface area contributed by atoms with Gasteiger partial charge in [0.05, 0.1) is 25.4 Å². The summed E-state index contributed by atoms with van der Waals surface area (Å²) in [5.41, 5.74) is 9.63. The van der Waals surface area contributed by atoms with E-state index in [1.807, 2.05) is 30.3 Å². The Morgan fingerprint density at radius 3 is 2.68 bits per heavy atom. The highest BCUT2D eigenvalue weighted by atomic mass is 16.7. The van der Waals surface area contributed by atoms with Gasteiger partial charge in [0.15, 0.2) is 6.29 Å². The Balaban J connectivity index is 2.14. The van der Waals surface area contributed by atoms with Crippen molar-refractivity contribution in [3.63, 3.8) is 0 Å². The highest BCUT2D eigenvalue weighted by Gasteiger charge is 2.45. The molecule has 1 saturated heterocycles. The van der Waals surface area contributed by atoms with Crippen LogP contribution in [-0.2, 0) is 20.8 Å². The molecule has 1 aromatic rings. The van der Waals surface area contributed by atoms with Crippen molar-refractivity contribution in [3.8, 4) is 0 Å². The van der Waals surface area contributed by atoms with Crippen molar-refractivity contribution < 1.29 is 24.4 Å². The monoisotopic (exact) mass is 309 g/mol. The standard InChI is InChI=1S/C14H19N3O5/c1-20-14-13(21-8-9-5-3-2-4-6-9)11(16-17-15)12(19)10(7-18)22-14/h2-6,10-14,18-19H,7-8H2,1H3/t10?,11-,12+,13?,14-/m0/s1. The van der Waals surface area contributed by atoms with E-state index in [4.69, 9.17) is 19.7 Å². The lowest BCUT2D eigenvalue weighted by atomic mass is 9.97. The van der Waals surface area contributed by atoms with Gasteiger partial charge in [-0.2, -0.15) is 0 Å². The molecule has 1 aliphatic heterocycles. The van der Waals surface area contributed by atoms with Crippen LogP contribution in [-0.4, -0.2) is 54.6 Å². The molecule has 8 heteroatoms. The highest BCUT2D eigenvalue weighted by molar-refractivity contribution is 5.13. The van der Waals surface area contributed by atoms with Crippen molar-refractivity contribution >= 4 is 0 Å². The average Bonchev–Trinajstić information content (AvgIpc) is 2.56. The fraction of sp³-hybridized carbons (Fsp3) is 0.571. The molecule has 8 nitrogen and oxygen atoms in total. The number of hydrogen-bond acceptors (Lipinski definition) is 6. The Kier molecular flexibility index (Phi) is 6.14. The number of rotatable bonds is 6. The predicted octanol–water partition coefficient (Wildman–Crippen LogP) is 0.975.